The molecule has 5 heteroatoms. The summed E-state index contributed by atoms with van der Waals surface area (Å²) in [4.78, 5) is 4.34. The molecule has 5 nitrogen and oxygen atoms in total. The lowest BCUT2D eigenvalue weighted by Gasteiger charge is -2.05. The van der Waals surface area contributed by atoms with Gasteiger partial charge >= 0.3 is 0 Å². The Balaban J connectivity index is 2.25. The maximum Gasteiger partial charge on any atom is 0.156 e. The number of ether oxygens (including phenoxy) is 1. The maximum absolute atomic E-state index is 8.03. The number of H-pyrrole nitrogens is 1. The molecule has 0 saturated heterocycles. The van der Waals surface area contributed by atoms with Crippen molar-refractivity contribution in [2.24, 2.45) is 0 Å². The largest absolute Gasteiger partial charge is 0.465 e. The van der Waals surface area contributed by atoms with Gasteiger partial charge in [0.1, 0.15) is 5.75 Å². The number of rotatable bonds is 3. The highest BCUT2D eigenvalue weighted by atomic mass is 16.5. The van der Waals surface area contributed by atoms with E-state index in [0.29, 0.717) is 16.8 Å². The zero-order chi connectivity index (χ0) is 13.9. The van der Waals surface area contributed by atoms with E-state index in [-0.39, 0.29) is 5.49 Å². The Morgan fingerprint density at radius 3 is 2.90 bits per heavy atom. The van der Waals surface area contributed by atoms with Crippen LogP contribution in [-0.2, 0) is 0 Å². The first-order chi connectivity index (χ1) is 9.79. The third-order valence-electron chi connectivity index (χ3n) is 2.94. The predicted octanol–water partition coefficient (Wildman–Crippen LogP) is 2.63. The maximum atomic E-state index is 8.03. The van der Waals surface area contributed by atoms with Crippen molar-refractivity contribution in [2.45, 2.75) is 0 Å². The van der Waals surface area contributed by atoms with Crippen molar-refractivity contribution in [2.75, 3.05) is 0 Å². The number of nitrogens with zero attached hydrogens (tertiary/aromatic N) is 2. The molecule has 0 amide bonds. The average Bonchev–Trinajstić information content (AvgIpc) is 2.87. The van der Waals surface area contributed by atoms with Crippen LogP contribution < -0.4 is 10.2 Å². The van der Waals surface area contributed by atoms with Gasteiger partial charge in [0, 0.05) is 5.56 Å². The lowest BCUT2D eigenvalue weighted by Crippen LogP contribution is -2.03. The summed E-state index contributed by atoms with van der Waals surface area (Å²) in [6.07, 6.45) is 2.97. The van der Waals surface area contributed by atoms with E-state index in [4.69, 9.17) is 10.1 Å². The quantitative estimate of drug-likeness (QED) is 0.714. The van der Waals surface area contributed by atoms with Gasteiger partial charge < -0.3 is 4.74 Å². The standard InChI is InChI=1S/C15H12N4O/c1-2-20-14-6-4-3-5-10(14)12-7-8-13-11(9-17-19-13)15(16)18-12/h2-9,16H,1H2,(H,17,19). The monoisotopic (exact) mass is 264 g/mol. The van der Waals surface area contributed by atoms with Crippen LogP contribution in [0.4, 0.5) is 0 Å². The molecule has 0 radical (unpaired) electrons. The van der Waals surface area contributed by atoms with Gasteiger partial charge in [0.05, 0.1) is 29.1 Å². The number of para-hydroxylation sites is 1. The van der Waals surface area contributed by atoms with E-state index >= 15 is 0 Å². The molecule has 0 unspecified atom stereocenters. The van der Waals surface area contributed by atoms with Gasteiger partial charge in [-0.15, -0.1) is 0 Å². The molecule has 0 atom stereocenters. The number of hydrogen-bond donors (Lipinski definition) is 2. The van der Waals surface area contributed by atoms with Crippen LogP contribution in [0.15, 0.2) is 55.4 Å². The Morgan fingerprint density at radius 1 is 1.20 bits per heavy atom. The number of hydrogen-bond acceptors (Lipinski definition) is 4. The highest BCUT2D eigenvalue weighted by molar-refractivity contribution is 5.77. The van der Waals surface area contributed by atoms with Crippen molar-refractivity contribution in [3.8, 4) is 17.0 Å². The van der Waals surface area contributed by atoms with Gasteiger partial charge in [-0.2, -0.15) is 5.10 Å². The molecule has 3 rings (SSSR count). The SMILES string of the molecule is C=COc1ccccc1-c1ccc2[nH]ncc2c(=N)n1. The van der Waals surface area contributed by atoms with Crippen molar-refractivity contribution >= 4 is 10.9 Å². The molecular formula is C15H12N4O. The summed E-state index contributed by atoms with van der Waals surface area (Å²) >= 11 is 0. The number of aromatic nitrogens is 3. The zero-order valence-electron chi connectivity index (χ0n) is 10.6. The van der Waals surface area contributed by atoms with Crippen molar-refractivity contribution < 1.29 is 4.74 Å². The van der Waals surface area contributed by atoms with Gasteiger partial charge in [0.15, 0.2) is 5.49 Å². The fraction of sp³-hybridized carbons (Fsp3) is 0. The van der Waals surface area contributed by atoms with Crippen LogP contribution in [0, 0.1) is 5.41 Å². The Morgan fingerprint density at radius 2 is 2.05 bits per heavy atom. The summed E-state index contributed by atoms with van der Waals surface area (Å²) in [5.74, 6) is 0.655. The Labute approximate surface area is 115 Å². The Bertz CT molecular complexity index is 838. The van der Waals surface area contributed by atoms with Crippen molar-refractivity contribution in [1.29, 1.82) is 5.41 Å². The van der Waals surface area contributed by atoms with E-state index < -0.39 is 0 Å². The summed E-state index contributed by atoms with van der Waals surface area (Å²) in [6.45, 7) is 3.56. The van der Waals surface area contributed by atoms with Gasteiger partial charge in [0.2, 0.25) is 0 Å². The van der Waals surface area contributed by atoms with Crippen molar-refractivity contribution in [3.63, 3.8) is 0 Å². The number of aromatic amines is 1. The summed E-state index contributed by atoms with van der Waals surface area (Å²) in [6, 6.07) is 11.2. The molecule has 0 bridgehead atoms. The molecule has 0 spiro atoms. The van der Waals surface area contributed by atoms with E-state index in [2.05, 4.69) is 21.8 Å². The fourth-order valence-corrected chi connectivity index (χ4v) is 2.01. The molecule has 0 aliphatic rings. The van der Waals surface area contributed by atoms with E-state index in [1.807, 2.05) is 36.4 Å². The first-order valence-electron chi connectivity index (χ1n) is 6.05. The average molecular weight is 264 g/mol. The minimum absolute atomic E-state index is 0.169. The summed E-state index contributed by atoms with van der Waals surface area (Å²) in [5.41, 5.74) is 2.42. The predicted molar refractivity (Wildman–Crippen MR) is 76.0 cm³/mol. The zero-order valence-corrected chi connectivity index (χ0v) is 10.6. The molecule has 0 fully saturated rings. The van der Waals surface area contributed by atoms with Crippen LogP contribution in [0.3, 0.4) is 0 Å². The first kappa shape index (κ1) is 12.1. The molecule has 1 aromatic carbocycles. The lowest BCUT2D eigenvalue weighted by atomic mass is 10.1. The molecule has 0 aliphatic heterocycles. The van der Waals surface area contributed by atoms with Gasteiger partial charge in [-0.1, -0.05) is 18.7 Å². The normalized spacial score (nSPS) is 10.4. The molecule has 0 saturated carbocycles. The third-order valence-corrected chi connectivity index (χ3v) is 2.94. The molecule has 20 heavy (non-hydrogen) atoms. The van der Waals surface area contributed by atoms with E-state index in [1.54, 1.807) is 6.20 Å². The van der Waals surface area contributed by atoms with Crippen LogP contribution >= 0.6 is 0 Å². The molecule has 3 aromatic rings. The first-order valence-corrected chi connectivity index (χ1v) is 6.05. The van der Waals surface area contributed by atoms with E-state index in [1.165, 1.54) is 6.26 Å². The molecule has 98 valence electrons. The van der Waals surface area contributed by atoms with Crippen molar-refractivity contribution in [3.05, 3.63) is 60.9 Å². The molecule has 2 N–H and O–H groups in total. The van der Waals surface area contributed by atoms with E-state index in [9.17, 15) is 0 Å². The topological polar surface area (TPSA) is 74.7 Å². The van der Waals surface area contributed by atoms with Gasteiger partial charge in [-0.05, 0) is 24.3 Å². The van der Waals surface area contributed by atoms with Crippen LogP contribution in [0.5, 0.6) is 5.75 Å². The molecule has 0 aliphatic carbocycles. The summed E-state index contributed by atoms with van der Waals surface area (Å²) in [7, 11) is 0. The van der Waals surface area contributed by atoms with Gasteiger partial charge in [-0.3, -0.25) is 10.5 Å². The number of fused-ring (bicyclic) bond motifs is 1. The van der Waals surface area contributed by atoms with Gasteiger partial charge in [-0.25, -0.2) is 4.98 Å². The van der Waals surface area contributed by atoms with Crippen LogP contribution in [-0.4, -0.2) is 15.2 Å². The fourth-order valence-electron chi connectivity index (χ4n) is 2.01. The highest BCUT2D eigenvalue weighted by Gasteiger charge is 2.07. The molecule has 2 aromatic heterocycles. The minimum atomic E-state index is 0.169. The van der Waals surface area contributed by atoms with Gasteiger partial charge in [0.25, 0.3) is 0 Å². The summed E-state index contributed by atoms with van der Waals surface area (Å²) in [5, 5.41) is 15.5. The van der Waals surface area contributed by atoms with E-state index in [0.717, 1.165) is 11.1 Å². The Kier molecular flexibility index (Phi) is 3.01. The number of benzene rings is 1. The smallest absolute Gasteiger partial charge is 0.156 e. The second-order valence-corrected chi connectivity index (χ2v) is 4.16. The van der Waals surface area contributed by atoms with Crippen LogP contribution in [0.1, 0.15) is 0 Å². The summed E-state index contributed by atoms with van der Waals surface area (Å²) < 4.78 is 5.38. The minimum Gasteiger partial charge on any atom is -0.465 e. The van der Waals surface area contributed by atoms with Crippen LogP contribution in [0.25, 0.3) is 22.2 Å². The molecule has 2 heterocycles. The third kappa shape index (κ3) is 2.05. The lowest BCUT2D eigenvalue weighted by molar-refractivity contribution is 0.485. The Hall–Kier alpha value is -2.95. The van der Waals surface area contributed by atoms with Crippen LogP contribution in [0.2, 0.25) is 0 Å². The number of nitrogens with one attached hydrogen (secondary N) is 2. The highest BCUT2D eigenvalue weighted by Crippen LogP contribution is 2.27. The van der Waals surface area contributed by atoms with Crippen molar-refractivity contribution in [1.82, 2.24) is 15.2 Å². The second-order valence-electron chi connectivity index (χ2n) is 4.16. The second kappa shape index (κ2) is 4.97. The molecular weight excluding hydrogens is 252 g/mol.